The van der Waals surface area contributed by atoms with E-state index < -0.39 is 0 Å². The third kappa shape index (κ3) is 3.93. The van der Waals surface area contributed by atoms with Crippen molar-refractivity contribution in [2.45, 2.75) is 32.2 Å². The molecular formula is C15H22N4O2. The van der Waals surface area contributed by atoms with E-state index in [1.54, 1.807) is 6.20 Å². The van der Waals surface area contributed by atoms with E-state index in [2.05, 4.69) is 15.6 Å². The molecule has 0 radical (unpaired) electrons. The lowest BCUT2D eigenvalue weighted by Gasteiger charge is -2.32. The minimum Gasteiger partial charge on any atom is -0.350 e. The molecule has 1 fully saturated rings. The number of rotatable bonds is 3. The molecule has 6 heteroatoms. The van der Waals surface area contributed by atoms with Crippen molar-refractivity contribution in [1.82, 2.24) is 20.5 Å². The van der Waals surface area contributed by atoms with Gasteiger partial charge in [0, 0.05) is 36.4 Å². The number of carbonyl (C=O) groups is 2. The highest BCUT2D eigenvalue weighted by Crippen LogP contribution is 2.19. The molecule has 1 aliphatic rings. The SMILES string of the molecule is CC1CN(C(=O)NCC(C)(C)c2ccccn2)CC(=O)N1. The largest absolute Gasteiger partial charge is 0.350 e. The zero-order valence-electron chi connectivity index (χ0n) is 12.7. The fourth-order valence-corrected chi connectivity index (χ4v) is 2.35. The van der Waals surface area contributed by atoms with Gasteiger partial charge in [0.2, 0.25) is 5.91 Å². The van der Waals surface area contributed by atoms with Crippen molar-refractivity contribution in [2.24, 2.45) is 0 Å². The molecule has 2 heterocycles. The van der Waals surface area contributed by atoms with Crippen LogP contribution < -0.4 is 10.6 Å². The van der Waals surface area contributed by atoms with Crippen LogP contribution in [0.15, 0.2) is 24.4 Å². The Kier molecular flexibility index (Phi) is 4.45. The Morgan fingerprint density at radius 2 is 2.29 bits per heavy atom. The number of urea groups is 1. The highest BCUT2D eigenvalue weighted by Gasteiger charge is 2.28. The van der Waals surface area contributed by atoms with Crippen LogP contribution in [0, 0.1) is 0 Å². The second-order valence-electron chi connectivity index (χ2n) is 6.11. The Balaban J connectivity index is 1.93. The van der Waals surface area contributed by atoms with Crippen LogP contribution in [0.25, 0.3) is 0 Å². The van der Waals surface area contributed by atoms with E-state index in [0.717, 1.165) is 5.69 Å². The van der Waals surface area contributed by atoms with Gasteiger partial charge in [-0.1, -0.05) is 19.9 Å². The maximum atomic E-state index is 12.2. The van der Waals surface area contributed by atoms with Crippen molar-refractivity contribution in [3.63, 3.8) is 0 Å². The molecule has 114 valence electrons. The molecule has 6 nitrogen and oxygen atoms in total. The maximum Gasteiger partial charge on any atom is 0.317 e. The van der Waals surface area contributed by atoms with Gasteiger partial charge in [0.05, 0.1) is 0 Å². The lowest BCUT2D eigenvalue weighted by Crippen LogP contribution is -2.57. The Morgan fingerprint density at radius 3 is 2.90 bits per heavy atom. The number of hydrogen-bond acceptors (Lipinski definition) is 3. The minimum absolute atomic E-state index is 0.0131. The Morgan fingerprint density at radius 1 is 1.52 bits per heavy atom. The van der Waals surface area contributed by atoms with Gasteiger partial charge in [-0.3, -0.25) is 9.78 Å². The highest BCUT2D eigenvalue weighted by molar-refractivity contribution is 5.85. The van der Waals surface area contributed by atoms with Crippen molar-refractivity contribution in [3.8, 4) is 0 Å². The summed E-state index contributed by atoms with van der Waals surface area (Å²) in [7, 11) is 0. The van der Waals surface area contributed by atoms with Gasteiger partial charge >= 0.3 is 6.03 Å². The molecule has 0 spiro atoms. The molecule has 1 aromatic heterocycles. The predicted molar refractivity (Wildman–Crippen MR) is 79.8 cm³/mol. The van der Waals surface area contributed by atoms with Crippen molar-refractivity contribution in [3.05, 3.63) is 30.1 Å². The standard InChI is InChI=1S/C15H22N4O2/c1-11-8-19(9-13(20)18-11)14(21)17-10-15(2,3)12-6-4-5-7-16-12/h4-7,11H,8-10H2,1-3H3,(H,17,21)(H,18,20). The molecule has 0 aromatic carbocycles. The lowest BCUT2D eigenvalue weighted by atomic mass is 9.89. The maximum absolute atomic E-state index is 12.2. The van der Waals surface area contributed by atoms with E-state index in [9.17, 15) is 9.59 Å². The van der Waals surface area contributed by atoms with Crippen molar-refractivity contribution in [1.29, 1.82) is 0 Å². The van der Waals surface area contributed by atoms with Gasteiger partial charge in [-0.25, -0.2) is 4.79 Å². The minimum atomic E-state index is -0.263. The molecule has 1 aliphatic heterocycles. The second kappa shape index (κ2) is 6.11. The number of nitrogens with one attached hydrogen (secondary N) is 2. The van der Waals surface area contributed by atoms with Crippen molar-refractivity contribution in [2.75, 3.05) is 19.6 Å². The average Bonchev–Trinajstić information content (AvgIpc) is 2.45. The summed E-state index contributed by atoms with van der Waals surface area (Å²) in [5.41, 5.74) is 0.663. The van der Waals surface area contributed by atoms with Crippen LogP contribution in [-0.2, 0) is 10.2 Å². The first kappa shape index (κ1) is 15.3. The molecule has 3 amide bonds. The first-order chi connectivity index (χ1) is 9.88. The van der Waals surface area contributed by atoms with Crippen LogP contribution in [0.3, 0.4) is 0 Å². The van der Waals surface area contributed by atoms with Crippen LogP contribution in [0.5, 0.6) is 0 Å². The van der Waals surface area contributed by atoms with E-state index in [4.69, 9.17) is 0 Å². The molecular weight excluding hydrogens is 268 g/mol. The fourth-order valence-electron chi connectivity index (χ4n) is 2.35. The van der Waals surface area contributed by atoms with E-state index >= 15 is 0 Å². The number of piperazine rings is 1. The molecule has 2 rings (SSSR count). The highest BCUT2D eigenvalue weighted by atomic mass is 16.2. The van der Waals surface area contributed by atoms with Crippen molar-refractivity contribution < 1.29 is 9.59 Å². The summed E-state index contributed by atoms with van der Waals surface area (Å²) in [6.45, 7) is 7.05. The summed E-state index contributed by atoms with van der Waals surface area (Å²) in [5, 5.41) is 5.69. The number of aromatic nitrogens is 1. The summed E-state index contributed by atoms with van der Waals surface area (Å²) >= 11 is 0. The lowest BCUT2D eigenvalue weighted by molar-refractivity contribution is -0.124. The Bertz CT molecular complexity index is 516. The Labute approximate surface area is 124 Å². The third-order valence-electron chi connectivity index (χ3n) is 3.56. The average molecular weight is 290 g/mol. The van der Waals surface area contributed by atoms with Crippen molar-refractivity contribution >= 4 is 11.9 Å². The normalized spacial score (nSPS) is 19.1. The number of carbonyl (C=O) groups excluding carboxylic acids is 2. The van der Waals surface area contributed by atoms with Gasteiger partial charge in [0.15, 0.2) is 0 Å². The number of amides is 3. The first-order valence-corrected chi connectivity index (χ1v) is 7.12. The summed E-state index contributed by atoms with van der Waals surface area (Å²) in [4.78, 5) is 29.5. The third-order valence-corrected chi connectivity index (χ3v) is 3.56. The van der Waals surface area contributed by atoms with E-state index in [0.29, 0.717) is 13.1 Å². The van der Waals surface area contributed by atoms with Gasteiger partial charge in [0.25, 0.3) is 0 Å². The van der Waals surface area contributed by atoms with Gasteiger partial charge < -0.3 is 15.5 Å². The molecule has 2 N–H and O–H groups in total. The van der Waals surface area contributed by atoms with E-state index in [1.165, 1.54) is 4.90 Å². The molecule has 0 saturated carbocycles. The predicted octanol–water partition coefficient (Wildman–Crippen LogP) is 0.889. The van der Waals surface area contributed by atoms with E-state index in [-0.39, 0.29) is 29.9 Å². The van der Waals surface area contributed by atoms with Gasteiger partial charge in [-0.2, -0.15) is 0 Å². The fraction of sp³-hybridized carbons (Fsp3) is 0.533. The van der Waals surface area contributed by atoms with Gasteiger partial charge in [-0.15, -0.1) is 0 Å². The summed E-state index contributed by atoms with van der Waals surface area (Å²) in [6, 6.07) is 5.53. The first-order valence-electron chi connectivity index (χ1n) is 7.12. The summed E-state index contributed by atoms with van der Waals surface area (Å²) < 4.78 is 0. The van der Waals surface area contributed by atoms with E-state index in [1.807, 2.05) is 39.0 Å². The topological polar surface area (TPSA) is 74.3 Å². The molecule has 1 unspecified atom stereocenters. The van der Waals surface area contributed by atoms with Gasteiger partial charge in [-0.05, 0) is 19.1 Å². The van der Waals surface area contributed by atoms with Crippen LogP contribution >= 0.6 is 0 Å². The molecule has 1 aromatic rings. The van der Waals surface area contributed by atoms with Crippen LogP contribution in [-0.4, -0.2) is 47.5 Å². The molecule has 0 bridgehead atoms. The Hall–Kier alpha value is -2.11. The van der Waals surface area contributed by atoms with Crippen LogP contribution in [0.4, 0.5) is 4.79 Å². The molecule has 21 heavy (non-hydrogen) atoms. The van der Waals surface area contributed by atoms with Crippen LogP contribution in [0.2, 0.25) is 0 Å². The molecule has 1 saturated heterocycles. The zero-order chi connectivity index (χ0) is 15.5. The zero-order valence-corrected chi connectivity index (χ0v) is 12.7. The number of nitrogens with zero attached hydrogens (tertiary/aromatic N) is 2. The van der Waals surface area contributed by atoms with Crippen LogP contribution in [0.1, 0.15) is 26.5 Å². The number of pyridine rings is 1. The summed E-state index contributed by atoms with van der Waals surface area (Å²) in [5.74, 6) is -0.118. The summed E-state index contributed by atoms with van der Waals surface area (Å²) in [6.07, 6.45) is 1.75. The molecule has 0 aliphatic carbocycles. The second-order valence-corrected chi connectivity index (χ2v) is 6.11. The molecule has 1 atom stereocenters. The smallest absolute Gasteiger partial charge is 0.317 e. The van der Waals surface area contributed by atoms with Gasteiger partial charge in [0.1, 0.15) is 6.54 Å². The monoisotopic (exact) mass is 290 g/mol. The number of hydrogen-bond donors (Lipinski definition) is 2. The quantitative estimate of drug-likeness (QED) is 0.868.